The second-order valence-electron chi connectivity index (χ2n) is 29.9. The van der Waals surface area contributed by atoms with Crippen LogP contribution >= 0.6 is 15.6 Å². The van der Waals surface area contributed by atoms with Gasteiger partial charge in [-0.1, -0.05) is 375 Å². The molecule has 17 nitrogen and oxygen atoms in total. The summed E-state index contributed by atoms with van der Waals surface area (Å²) in [5.41, 5.74) is 0. The maximum Gasteiger partial charge on any atom is 0.472 e. The van der Waals surface area contributed by atoms with Gasteiger partial charge in [0.05, 0.1) is 26.4 Å². The standard InChI is InChI=1S/C81H158O17P2/c1-7-10-12-14-16-18-20-22-24-25-26-27-28-29-30-32-34-36-41-45-53-59-65-80(85)97-76(69-91-78(83)63-57-51-44-40-35-33-31-23-21-19-17-15-13-11-8-2)71-95-99(87,88)93-67-75(82)68-94-100(89,90)96-72-77(70-92-79(84)64-58-52-48-47-50-56-62-74(6)9-3)98-81(86)66-60-54-46-42-38-37-39-43-49-55-61-73(4)5/h73-77,82H,7-72H2,1-6H3,(H,87,88)(H,89,90)/t74?,75-,76-,77-/m1/s1. The molecule has 0 saturated carbocycles. The molecule has 0 amide bonds. The number of phosphoric acid groups is 2. The zero-order chi connectivity index (χ0) is 73.5. The average molecular weight is 1470 g/mol. The van der Waals surface area contributed by atoms with Gasteiger partial charge in [0.1, 0.15) is 19.3 Å². The van der Waals surface area contributed by atoms with Crippen molar-refractivity contribution in [3.05, 3.63) is 0 Å². The maximum atomic E-state index is 13.1. The van der Waals surface area contributed by atoms with E-state index in [4.69, 9.17) is 37.0 Å². The molecule has 0 heterocycles. The minimum absolute atomic E-state index is 0.105. The Bertz CT molecular complexity index is 1930. The molecule has 0 aromatic carbocycles. The Morgan fingerprint density at radius 3 is 0.760 bits per heavy atom. The topological polar surface area (TPSA) is 237 Å². The Labute approximate surface area is 613 Å². The lowest BCUT2D eigenvalue weighted by molar-refractivity contribution is -0.161. The first-order valence-corrected chi connectivity index (χ1v) is 45.0. The molecule has 0 saturated heterocycles. The minimum atomic E-state index is -4.96. The fraction of sp³-hybridized carbons (Fsp3) is 0.951. The van der Waals surface area contributed by atoms with Gasteiger partial charge in [0.2, 0.25) is 0 Å². The fourth-order valence-electron chi connectivity index (χ4n) is 12.5. The molecule has 0 rings (SSSR count). The molecule has 0 aliphatic heterocycles. The van der Waals surface area contributed by atoms with E-state index in [1.807, 2.05) is 0 Å². The van der Waals surface area contributed by atoms with Crippen LogP contribution in [0.4, 0.5) is 0 Å². The first-order valence-electron chi connectivity index (χ1n) is 42.0. The summed E-state index contributed by atoms with van der Waals surface area (Å²) in [6, 6.07) is 0. The van der Waals surface area contributed by atoms with Crippen LogP contribution in [0, 0.1) is 11.8 Å². The third-order valence-electron chi connectivity index (χ3n) is 19.3. The highest BCUT2D eigenvalue weighted by molar-refractivity contribution is 7.47. The molecule has 0 aromatic heterocycles. The third kappa shape index (κ3) is 73.0. The van der Waals surface area contributed by atoms with Gasteiger partial charge in [0.25, 0.3) is 0 Å². The van der Waals surface area contributed by atoms with Crippen molar-refractivity contribution >= 4 is 39.5 Å². The molecule has 3 unspecified atom stereocenters. The van der Waals surface area contributed by atoms with E-state index >= 15 is 0 Å². The summed E-state index contributed by atoms with van der Waals surface area (Å²) in [5, 5.41) is 10.6. The van der Waals surface area contributed by atoms with Gasteiger partial charge in [-0.3, -0.25) is 37.3 Å². The number of carbonyl (C=O) groups excluding carboxylic acids is 4. The number of phosphoric ester groups is 2. The van der Waals surface area contributed by atoms with E-state index in [-0.39, 0.29) is 25.7 Å². The van der Waals surface area contributed by atoms with E-state index in [0.29, 0.717) is 25.7 Å². The van der Waals surface area contributed by atoms with Crippen LogP contribution in [0.5, 0.6) is 0 Å². The van der Waals surface area contributed by atoms with Crippen molar-refractivity contribution in [3.8, 4) is 0 Å². The van der Waals surface area contributed by atoms with Crippen LogP contribution in [0.1, 0.15) is 427 Å². The summed E-state index contributed by atoms with van der Waals surface area (Å²) in [7, 11) is -9.92. The van der Waals surface area contributed by atoms with E-state index in [1.165, 1.54) is 238 Å². The minimum Gasteiger partial charge on any atom is -0.462 e. The second kappa shape index (κ2) is 72.6. The van der Waals surface area contributed by atoms with Crippen molar-refractivity contribution in [3.63, 3.8) is 0 Å². The summed E-state index contributed by atoms with van der Waals surface area (Å²) >= 11 is 0. The summed E-state index contributed by atoms with van der Waals surface area (Å²) < 4.78 is 68.7. The van der Waals surface area contributed by atoms with Crippen LogP contribution in [-0.2, 0) is 65.4 Å². The molecule has 0 spiro atoms. The zero-order valence-electron chi connectivity index (χ0n) is 65.5. The lowest BCUT2D eigenvalue weighted by Crippen LogP contribution is -2.30. The number of ether oxygens (including phenoxy) is 4. The van der Waals surface area contributed by atoms with Gasteiger partial charge >= 0.3 is 39.5 Å². The number of rotatable bonds is 80. The molecule has 0 bridgehead atoms. The number of esters is 4. The quantitative estimate of drug-likeness (QED) is 0.0222. The smallest absolute Gasteiger partial charge is 0.462 e. The first kappa shape index (κ1) is 98.1. The molecule has 3 N–H and O–H groups in total. The zero-order valence-corrected chi connectivity index (χ0v) is 67.3. The van der Waals surface area contributed by atoms with Gasteiger partial charge in [0, 0.05) is 25.7 Å². The summed E-state index contributed by atoms with van der Waals surface area (Å²) in [4.78, 5) is 73.0. The van der Waals surface area contributed by atoms with E-state index in [9.17, 15) is 43.2 Å². The maximum absolute atomic E-state index is 13.1. The van der Waals surface area contributed by atoms with Crippen molar-refractivity contribution in [1.29, 1.82) is 0 Å². The Morgan fingerprint density at radius 1 is 0.290 bits per heavy atom. The van der Waals surface area contributed by atoms with Crippen molar-refractivity contribution in [2.45, 2.75) is 445 Å². The largest absolute Gasteiger partial charge is 0.472 e. The Morgan fingerprint density at radius 2 is 0.510 bits per heavy atom. The molecular formula is C81H158O17P2. The molecule has 0 radical (unpaired) electrons. The van der Waals surface area contributed by atoms with Crippen molar-refractivity contribution < 1.29 is 80.2 Å². The van der Waals surface area contributed by atoms with Gasteiger partial charge in [-0.2, -0.15) is 0 Å². The monoisotopic (exact) mass is 1470 g/mol. The molecule has 0 aromatic rings. The predicted molar refractivity (Wildman–Crippen MR) is 409 cm³/mol. The molecule has 19 heteroatoms. The van der Waals surface area contributed by atoms with Crippen LogP contribution < -0.4 is 0 Å². The van der Waals surface area contributed by atoms with Gasteiger partial charge in [0.15, 0.2) is 12.2 Å². The van der Waals surface area contributed by atoms with E-state index in [1.54, 1.807) is 0 Å². The molecule has 100 heavy (non-hydrogen) atoms. The second-order valence-corrected chi connectivity index (χ2v) is 32.8. The number of aliphatic hydroxyl groups excluding tert-OH is 1. The highest BCUT2D eigenvalue weighted by Crippen LogP contribution is 2.45. The lowest BCUT2D eigenvalue weighted by Gasteiger charge is -2.21. The Balaban J connectivity index is 5.21. The number of hydrogen-bond donors (Lipinski definition) is 3. The number of hydrogen-bond acceptors (Lipinski definition) is 15. The SMILES string of the molecule is CCCCCCCCCCCCCCCCCCCCCCCCC(=O)O[C@H](COC(=O)CCCCCCCCCCCCCCCCC)COP(=O)(O)OC[C@@H](O)COP(=O)(O)OC[C@@H](COC(=O)CCCCCCCCC(C)CC)OC(=O)CCCCCCCCCCCCC(C)C. The molecular weight excluding hydrogens is 1310 g/mol. The van der Waals surface area contributed by atoms with Crippen LogP contribution in [-0.4, -0.2) is 96.7 Å². The van der Waals surface area contributed by atoms with Crippen molar-refractivity contribution in [1.82, 2.24) is 0 Å². The molecule has 6 atom stereocenters. The van der Waals surface area contributed by atoms with Crippen molar-refractivity contribution in [2.75, 3.05) is 39.6 Å². The van der Waals surface area contributed by atoms with Crippen LogP contribution in [0.15, 0.2) is 0 Å². The van der Waals surface area contributed by atoms with Crippen LogP contribution in [0.2, 0.25) is 0 Å². The lowest BCUT2D eigenvalue weighted by atomic mass is 10.00. The van der Waals surface area contributed by atoms with E-state index in [2.05, 4.69) is 41.5 Å². The fourth-order valence-corrected chi connectivity index (χ4v) is 14.1. The van der Waals surface area contributed by atoms with Crippen LogP contribution in [0.25, 0.3) is 0 Å². The summed E-state index contributed by atoms with van der Waals surface area (Å²) in [6.07, 6.45) is 62.6. The average Bonchev–Trinajstić information content (AvgIpc) is 0.930. The normalized spacial score (nSPS) is 14.2. The highest BCUT2D eigenvalue weighted by atomic mass is 31.2. The van der Waals surface area contributed by atoms with Gasteiger partial charge < -0.3 is 33.8 Å². The molecule has 0 aliphatic carbocycles. The summed E-state index contributed by atoms with van der Waals surface area (Å²) in [6.45, 7) is 9.58. The highest BCUT2D eigenvalue weighted by Gasteiger charge is 2.30. The van der Waals surface area contributed by atoms with Gasteiger partial charge in [-0.05, 0) is 37.5 Å². The number of unbranched alkanes of at least 4 members (excludes halogenated alkanes) is 49. The van der Waals surface area contributed by atoms with Crippen molar-refractivity contribution in [2.24, 2.45) is 11.8 Å². The first-order chi connectivity index (χ1) is 48.4. The van der Waals surface area contributed by atoms with Gasteiger partial charge in [-0.25, -0.2) is 9.13 Å². The molecule has 594 valence electrons. The third-order valence-corrected chi connectivity index (χ3v) is 21.2. The van der Waals surface area contributed by atoms with Gasteiger partial charge in [-0.15, -0.1) is 0 Å². The van der Waals surface area contributed by atoms with E-state index < -0.39 is 97.5 Å². The number of aliphatic hydroxyl groups is 1. The van der Waals surface area contributed by atoms with E-state index in [0.717, 1.165) is 108 Å². The molecule has 0 fully saturated rings. The number of carbonyl (C=O) groups is 4. The Hall–Kier alpha value is -1.94. The van der Waals surface area contributed by atoms with Crippen LogP contribution in [0.3, 0.4) is 0 Å². The predicted octanol–water partition coefficient (Wildman–Crippen LogP) is 24.3. The summed E-state index contributed by atoms with van der Waals surface area (Å²) in [5.74, 6) is -0.629. The molecule has 0 aliphatic rings. The Kier molecular flexibility index (Phi) is 71.2.